The zero-order valence-electron chi connectivity index (χ0n) is 16.1. The molecule has 1 N–H and O–H groups in total. The minimum atomic E-state index is -0.167. The van der Waals surface area contributed by atoms with Crippen LogP contribution in [0.5, 0.6) is 0 Å². The maximum atomic E-state index is 12.7. The van der Waals surface area contributed by atoms with Gasteiger partial charge < -0.3 is 15.1 Å². The van der Waals surface area contributed by atoms with E-state index in [4.69, 9.17) is 0 Å². The Morgan fingerprint density at radius 1 is 1.07 bits per heavy atom. The molecule has 1 aliphatic heterocycles. The minimum absolute atomic E-state index is 0.102. The Balaban J connectivity index is 1.72. The van der Waals surface area contributed by atoms with Crippen LogP contribution in [0.25, 0.3) is 0 Å². The third kappa shape index (κ3) is 4.45. The Hall–Kier alpha value is -2.89. The topological polar surface area (TPSA) is 65.5 Å². The maximum Gasteiger partial charge on any atom is 0.257 e. The number of rotatable bonds is 4. The van der Waals surface area contributed by atoms with E-state index in [1.165, 1.54) is 0 Å². The number of amides is 2. The standard InChI is InChI=1S/C21H26N4O2/c1-15(2)19-6-4-5-7-20(19)23-21(27)17-12-18(14-22-13-17)25-10-8-24(9-11-25)16(3)26/h4-7,12-15H,8-11H2,1-3H3,(H,23,27). The number of piperazine rings is 1. The first-order valence-corrected chi connectivity index (χ1v) is 9.31. The van der Waals surface area contributed by atoms with Crippen LogP contribution in [0.2, 0.25) is 0 Å². The Morgan fingerprint density at radius 3 is 2.44 bits per heavy atom. The highest BCUT2D eigenvalue weighted by Crippen LogP contribution is 2.24. The molecule has 1 aliphatic rings. The minimum Gasteiger partial charge on any atom is -0.367 e. The third-order valence-corrected chi connectivity index (χ3v) is 4.91. The predicted molar refractivity (Wildman–Crippen MR) is 107 cm³/mol. The molecule has 1 saturated heterocycles. The van der Waals surface area contributed by atoms with E-state index < -0.39 is 0 Å². The highest BCUT2D eigenvalue weighted by atomic mass is 16.2. The van der Waals surface area contributed by atoms with Gasteiger partial charge in [-0.3, -0.25) is 14.6 Å². The molecule has 2 aromatic rings. The van der Waals surface area contributed by atoms with Crippen LogP contribution >= 0.6 is 0 Å². The Kier molecular flexibility index (Phi) is 5.74. The Bertz CT molecular complexity index is 826. The van der Waals surface area contributed by atoms with E-state index in [0.717, 1.165) is 30.0 Å². The van der Waals surface area contributed by atoms with Crippen molar-refractivity contribution < 1.29 is 9.59 Å². The second-order valence-electron chi connectivity index (χ2n) is 7.12. The van der Waals surface area contributed by atoms with E-state index in [2.05, 4.69) is 29.0 Å². The van der Waals surface area contributed by atoms with Crippen molar-refractivity contribution >= 4 is 23.2 Å². The summed E-state index contributed by atoms with van der Waals surface area (Å²) in [4.78, 5) is 32.5. The molecular formula is C21H26N4O2. The molecule has 2 heterocycles. The second-order valence-corrected chi connectivity index (χ2v) is 7.12. The van der Waals surface area contributed by atoms with Crippen molar-refractivity contribution in [1.82, 2.24) is 9.88 Å². The molecule has 0 spiro atoms. The molecule has 1 fully saturated rings. The van der Waals surface area contributed by atoms with Crippen LogP contribution in [-0.2, 0) is 4.79 Å². The number of pyridine rings is 1. The highest BCUT2D eigenvalue weighted by Gasteiger charge is 2.20. The lowest BCUT2D eigenvalue weighted by Crippen LogP contribution is -2.48. The van der Waals surface area contributed by atoms with Gasteiger partial charge in [-0.05, 0) is 23.6 Å². The Morgan fingerprint density at radius 2 is 1.78 bits per heavy atom. The van der Waals surface area contributed by atoms with Gasteiger partial charge in [0.15, 0.2) is 0 Å². The first-order valence-electron chi connectivity index (χ1n) is 9.31. The normalized spacial score (nSPS) is 14.4. The molecule has 0 atom stereocenters. The molecule has 0 unspecified atom stereocenters. The number of nitrogens with zero attached hydrogens (tertiary/aromatic N) is 3. The molecule has 1 aromatic carbocycles. The average Bonchev–Trinajstić information content (AvgIpc) is 2.68. The molecule has 6 nitrogen and oxygen atoms in total. The van der Waals surface area contributed by atoms with Crippen molar-refractivity contribution in [2.75, 3.05) is 36.4 Å². The second kappa shape index (κ2) is 8.20. The molecule has 2 amide bonds. The molecular weight excluding hydrogens is 340 g/mol. The summed E-state index contributed by atoms with van der Waals surface area (Å²) in [6.07, 6.45) is 3.35. The first kappa shape index (κ1) is 18.9. The lowest BCUT2D eigenvalue weighted by molar-refractivity contribution is -0.129. The zero-order valence-corrected chi connectivity index (χ0v) is 16.1. The van der Waals surface area contributed by atoms with Crippen LogP contribution in [0.3, 0.4) is 0 Å². The molecule has 0 aliphatic carbocycles. The summed E-state index contributed by atoms with van der Waals surface area (Å²) in [6, 6.07) is 9.72. The van der Waals surface area contributed by atoms with E-state index >= 15 is 0 Å². The van der Waals surface area contributed by atoms with Gasteiger partial charge in [0.25, 0.3) is 5.91 Å². The van der Waals surface area contributed by atoms with Crippen LogP contribution in [0.1, 0.15) is 42.6 Å². The largest absolute Gasteiger partial charge is 0.367 e. The number of hydrogen-bond donors (Lipinski definition) is 1. The van der Waals surface area contributed by atoms with Gasteiger partial charge in [-0.25, -0.2) is 0 Å². The number of hydrogen-bond acceptors (Lipinski definition) is 4. The zero-order chi connectivity index (χ0) is 19.4. The molecule has 0 bridgehead atoms. The van der Waals surface area contributed by atoms with Crippen LogP contribution in [0.15, 0.2) is 42.7 Å². The molecule has 0 saturated carbocycles. The molecule has 27 heavy (non-hydrogen) atoms. The number of carbonyl (C=O) groups excluding carboxylic acids is 2. The quantitative estimate of drug-likeness (QED) is 0.903. The van der Waals surface area contributed by atoms with Crippen LogP contribution in [0.4, 0.5) is 11.4 Å². The van der Waals surface area contributed by atoms with Crippen molar-refractivity contribution in [2.24, 2.45) is 0 Å². The van der Waals surface area contributed by atoms with Crippen LogP contribution < -0.4 is 10.2 Å². The van der Waals surface area contributed by atoms with Crippen molar-refractivity contribution in [1.29, 1.82) is 0 Å². The molecule has 3 rings (SSSR count). The van der Waals surface area contributed by atoms with Crippen LogP contribution in [0, 0.1) is 0 Å². The maximum absolute atomic E-state index is 12.7. The van der Waals surface area contributed by atoms with E-state index in [0.29, 0.717) is 24.6 Å². The summed E-state index contributed by atoms with van der Waals surface area (Å²) < 4.78 is 0. The fraction of sp³-hybridized carbons (Fsp3) is 0.381. The number of carbonyl (C=O) groups is 2. The molecule has 0 radical (unpaired) electrons. The van der Waals surface area contributed by atoms with Crippen molar-refractivity contribution in [3.8, 4) is 0 Å². The lowest BCUT2D eigenvalue weighted by atomic mass is 10.0. The van der Waals surface area contributed by atoms with Gasteiger partial charge in [0, 0.05) is 45.0 Å². The van der Waals surface area contributed by atoms with Gasteiger partial charge >= 0.3 is 0 Å². The van der Waals surface area contributed by atoms with E-state index in [1.54, 1.807) is 19.3 Å². The number of aromatic nitrogens is 1. The number of para-hydroxylation sites is 1. The summed E-state index contributed by atoms with van der Waals surface area (Å²) >= 11 is 0. The van der Waals surface area contributed by atoms with E-state index in [-0.39, 0.29) is 11.8 Å². The van der Waals surface area contributed by atoms with Crippen LogP contribution in [-0.4, -0.2) is 47.9 Å². The SMILES string of the molecule is CC(=O)N1CCN(c2cncc(C(=O)Nc3ccccc3C(C)C)c2)CC1. The van der Waals surface area contributed by atoms with Gasteiger partial charge in [0.05, 0.1) is 17.4 Å². The van der Waals surface area contributed by atoms with Gasteiger partial charge in [0.1, 0.15) is 0 Å². The number of benzene rings is 1. The molecule has 1 aromatic heterocycles. The van der Waals surface area contributed by atoms with Gasteiger partial charge in [-0.15, -0.1) is 0 Å². The fourth-order valence-electron chi connectivity index (χ4n) is 3.31. The molecule has 142 valence electrons. The first-order chi connectivity index (χ1) is 13.0. The summed E-state index contributed by atoms with van der Waals surface area (Å²) in [5, 5.41) is 3.01. The predicted octanol–water partition coefficient (Wildman–Crippen LogP) is 3.13. The smallest absolute Gasteiger partial charge is 0.257 e. The third-order valence-electron chi connectivity index (χ3n) is 4.91. The van der Waals surface area contributed by atoms with E-state index in [9.17, 15) is 9.59 Å². The number of anilines is 2. The summed E-state index contributed by atoms with van der Waals surface area (Å²) in [7, 11) is 0. The summed E-state index contributed by atoms with van der Waals surface area (Å²) in [6.45, 7) is 8.66. The molecule has 6 heteroatoms. The number of nitrogens with one attached hydrogen (secondary N) is 1. The Labute approximate surface area is 160 Å². The van der Waals surface area contributed by atoms with Crippen molar-refractivity contribution in [2.45, 2.75) is 26.7 Å². The van der Waals surface area contributed by atoms with Gasteiger partial charge in [0.2, 0.25) is 5.91 Å². The van der Waals surface area contributed by atoms with Gasteiger partial charge in [-0.1, -0.05) is 32.0 Å². The summed E-state index contributed by atoms with van der Waals surface area (Å²) in [5.74, 6) is 0.257. The lowest BCUT2D eigenvalue weighted by Gasteiger charge is -2.35. The fourth-order valence-corrected chi connectivity index (χ4v) is 3.31. The van der Waals surface area contributed by atoms with Crippen molar-refractivity contribution in [3.63, 3.8) is 0 Å². The highest BCUT2D eigenvalue weighted by molar-refractivity contribution is 6.05. The van der Waals surface area contributed by atoms with Crippen molar-refractivity contribution in [3.05, 3.63) is 53.9 Å². The van der Waals surface area contributed by atoms with Gasteiger partial charge in [-0.2, -0.15) is 0 Å². The summed E-state index contributed by atoms with van der Waals surface area (Å²) in [5.41, 5.74) is 3.37. The average molecular weight is 366 g/mol. The monoisotopic (exact) mass is 366 g/mol. The van der Waals surface area contributed by atoms with E-state index in [1.807, 2.05) is 35.2 Å².